The van der Waals surface area contributed by atoms with Gasteiger partial charge in [0.1, 0.15) is 0 Å². The van der Waals surface area contributed by atoms with Gasteiger partial charge in [0.2, 0.25) is 5.91 Å². The van der Waals surface area contributed by atoms with Gasteiger partial charge in [0, 0.05) is 11.9 Å². The molecule has 0 unspecified atom stereocenters. The summed E-state index contributed by atoms with van der Waals surface area (Å²) in [5, 5.41) is 2.71. The van der Waals surface area contributed by atoms with Crippen molar-refractivity contribution in [2.24, 2.45) is 0 Å². The number of hydrogen-bond acceptors (Lipinski definition) is 4. The Morgan fingerprint density at radius 3 is 2.30 bits per heavy atom. The molecule has 0 heterocycles. The van der Waals surface area contributed by atoms with E-state index in [4.69, 9.17) is 4.74 Å². The molecule has 0 atom stereocenters. The Morgan fingerprint density at radius 2 is 1.70 bits per heavy atom. The second kappa shape index (κ2) is 7.89. The number of rotatable bonds is 7. The number of sulfone groups is 1. The van der Waals surface area contributed by atoms with E-state index in [1.165, 1.54) is 12.1 Å². The van der Waals surface area contributed by atoms with Gasteiger partial charge in [0.05, 0.1) is 24.5 Å². The normalized spacial score (nSPS) is 11.2. The predicted octanol–water partition coefficient (Wildman–Crippen LogP) is 2.64. The molecule has 0 spiro atoms. The first-order chi connectivity index (χ1) is 10.9. The van der Waals surface area contributed by atoms with Gasteiger partial charge in [-0.15, -0.1) is 0 Å². The lowest BCUT2D eigenvalue weighted by molar-refractivity contribution is -0.117. The van der Waals surface area contributed by atoms with Gasteiger partial charge in [-0.1, -0.05) is 30.3 Å². The summed E-state index contributed by atoms with van der Waals surface area (Å²) < 4.78 is 28.2. The zero-order valence-electron chi connectivity index (χ0n) is 12.9. The van der Waals surface area contributed by atoms with E-state index in [-0.39, 0.29) is 17.2 Å². The van der Waals surface area contributed by atoms with E-state index in [0.29, 0.717) is 18.9 Å². The highest BCUT2D eigenvalue weighted by Crippen LogP contribution is 2.14. The summed E-state index contributed by atoms with van der Waals surface area (Å²) in [6.07, 6.45) is 1.38. The van der Waals surface area contributed by atoms with Crippen LogP contribution in [0.2, 0.25) is 0 Å². The van der Waals surface area contributed by atoms with Gasteiger partial charge in [-0.3, -0.25) is 4.79 Å². The van der Waals surface area contributed by atoms with E-state index in [1.807, 2.05) is 30.3 Å². The highest BCUT2D eigenvalue weighted by Gasteiger charge is 2.07. The number of hydrogen-bond donors (Lipinski definition) is 1. The summed E-state index contributed by atoms with van der Waals surface area (Å²) in [5.74, 6) is -0.176. The van der Waals surface area contributed by atoms with Crippen LogP contribution in [0.1, 0.15) is 12.0 Å². The van der Waals surface area contributed by atoms with Crippen molar-refractivity contribution in [2.45, 2.75) is 17.9 Å². The zero-order chi connectivity index (χ0) is 16.7. The van der Waals surface area contributed by atoms with Crippen molar-refractivity contribution in [3.05, 3.63) is 60.2 Å². The molecule has 0 saturated heterocycles. The maximum atomic E-state index is 11.8. The second-order valence-electron chi connectivity index (χ2n) is 5.13. The molecule has 2 aromatic carbocycles. The number of benzene rings is 2. The van der Waals surface area contributed by atoms with Crippen LogP contribution < -0.4 is 5.32 Å². The van der Waals surface area contributed by atoms with Crippen molar-refractivity contribution in [3.8, 4) is 0 Å². The van der Waals surface area contributed by atoms with Crippen LogP contribution in [0.5, 0.6) is 0 Å². The zero-order valence-corrected chi connectivity index (χ0v) is 13.7. The number of nitrogens with one attached hydrogen (secondary N) is 1. The third-order valence-corrected chi connectivity index (χ3v) is 4.28. The molecule has 0 saturated carbocycles. The van der Waals surface area contributed by atoms with Gasteiger partial charge in [-0.25, -0.2) is 8.42 Å². The van der Waals surface area contributed by atoms with Crippen LogP contribution in [0.15, 0.2) is 59.5 Å². The topological polar surface area (TPSA) is 72.5 Å². The van der Waals surface area contributed by atoms with Gasteiger partial charge < -0.3 is 10.1 Å². The minimum absolute atomic E-state index is 0.176. The molecule has 5 nitrogen and oxygen atoms in total. The lowest BCUT2D eigenvalue weighted by Gasteiger charge is -2.07. The molecule has 1 amide bonds. The number of carbonyl (C=O) groups is 1. The van der Waals surface area contributed by atoms with Crippen LogP contribution in [0.3, 0.4) is 0 Å². The minimum atomic E-state index is -3.22. The molecule has 0 aliphatic rings. The van der Waals surface area contributed by atoms with Crippen LogP contribution in [0, 0.1) is 0 Å². The molecule has 0 aliphatic carbocycles. The van der Waals surface area contributed by atoms with Crippen molar-refractivity contribution in [3.63, 3.8) is 0 Å². The molecule has 0 radical (unpaired) electrons. The second-order valence-corrected chi connectivity index (χ2v) is 7.15. The molecule has 0 bridgehead atoms. The van der Waals surface area contributed by atoms with Gasteiger partial charge in [-0.2, -0.15) is 0 Å². The predicted molar refractivity (Wildman–Crippen MR) is 88.9 cm³/mol. The molecule has 0 aromatic heterocycles. The number of amides is 1. The molecule has 1 N–H and O–H groups in total. The summed E-state index contributed by atoms with van der Waals surface area (Å²) in [5.41, 5.74) is 1.62. The average molecular weight is 333 g/mol. The molecule has 2 aromatic rings. The fourth-order valence-corrected chi connectivity index (χ4v) is 2.57. The maximum Gasteiger partial charge on any atom is 0.226 e. The van der Waals surface area contributed by atoms with E-state index in [9.17, 15) is 13.2 Å². The van der Waals surface area contributed by atoms with Crippen LogP contribution in [-0.2, 0) is 26.0 Å². The summed E-state index contributed by atoms with van der Waals surface area (Å²) >= 11 is 0. The highest BCUT2D eigenvalue weighted by molar-refractivity contribution is 7.90. The highest BCUT2D eigenvalue weighted by atomic mass is 32.2. The number of carbonyl (C=O) groups excluding carboxylic acids is 1. The number of ether oxygens (including phenoxy) is 1. The molecular formula is C17H19NO4S. The Kier molecular flexibility index (Phi) is 5.90. The standard InChI is InChI=1S/C17H19NO4S/c1-23(20,21)16-9-7-15(8-10-16)18-17(19)11-12-22-13-14-5-3-2-4-6-14/h2-10H,11-13H2,1H3,(H,18,19). The first-order valence-corrected chi connectivity index (χ1v) is 9.06. The van der Waals surface area contributed by atoms with Crippen molar-refractivity contribution in [1.82, 2.24) is 0 Å². The Morgan fingerprint density at radius 1 is 1.04 bits per heavy atom. The molecule has 0 fully saturated rings. The first-order valence-electron chi connectivity index (χ1n) is 7.17. The average Bonchev–Trinajstić information content (AvgIpc) is 2.52. The fourth-order valence-electron chi connectivity index (χ4n) is 1.94. The Labute approximate surface area is 136 Å². The van der Waals surface area contributed by atoms with E-state index in [0.717, 1.165) is 11.8 Å². The summed E-state index contributed by atoms with van der Waals surface area (Å²) in [6.45, 7) is 0.791. The fraction of sp³-hybridized carbons (Fsp3) is 0.235. The first kappa shape index (κ1) is 17.2. The molecular weight excluding hydrogens is 314 g/mol. The molecule has 2 rings (SSSR count). The summed E-state index contributed by atoms with van der Waals surface area (Å²) in [7, 11) is -3.22. The van der Waals surface area contributed by atoms with Gasteiger partial charge >= 0.3 is 0 Å². The molecule has 23 heavy (non-hydrogen) atoms. The van der Waals surface area contributed by atoms with Gasteiger partial charge in [0.25, 0.3) is 0 Å². The monoisotopic (exact) mass is 333 g/mol. The van der Waals surface area contributed by atoms with E-state index in [2.05, 4.69) is 5.32 Å². The van der Waals surface area contributed by atoms with E-state index >= 15 is 0 Å². The van der Waals surface area contributed by atoms with Crippen LogP contribution in [-0.4, -0.2) is 27.2 Å². The van der Waals surface area contributed by atoms with Gasteiger partial charge in [0.15, 0.2) is 9.84 Å². The molecule has 0 aliphatic heterocycles. The lowest BCUT2D eigenvalue weighted by Crippen LogP contribution is -2.14. The Balaban J connectivity index is 1.74. The summed E-state index contributed by atoms with van der Waals surface area (Å²) in [4.78, 5) is 12.0. The molecule has 122 valence electrons. The largest absolute Gasteiger partial charge is 0.376 e. The quantitative estimate of drug-likeness (QED) is 0.791. The van der Waals surface area contributed by atoms with Crippen molar-refractivity contribution in [1.29, 1.82) is 0 Å². The van der Waals surface area contributed by atoms with Crippen LogP contribution in [0.25, 0.3) is 0 Å². The lowest BCUT2D eigenvalue weighted by atomic mass is 10.2. The third-order valence-electron chi connectivity index (χ3n) is 3.15. The summed E-state index contributed by atoms with van der Waals surface area (Å²) in [6, 6.07) is 15.8. The Hall–Kier alpha value is -2.18. The van der Waals surface area contributed by atoms with E-state index < -0.39 is 9.84 Å². The van der Waals surface area contributed by atoms with Crippen molar-refractivity contribution < 1.29 is 17.9 Å². The van der Waals surface area contributed by atoms with Crippen molar-refractivity contribution >= 4 is 21.4 Å². The van der Waals surface area contributed by atoms with Crippen molar-refractivity contribution in [2.75, 3.05) is 18.2 Å². The maximum absolute atomic E-state index is 11.8. The van der Waals surface area contributed by atoms with Crippen LogP contribution >= 0.6 is 0 Å². The van der Waals surface area contributed by atoms with Crippen LogP contribution in [0.4, 0.5) is 5.69 Å². The Bertz CT molecular complexity index is 740. The number of anilines is 1. The third kappa shape index (κ3) is 5.84. The smallest absolute Gasteiger partial charge is 0.226 e. The molecule has 6 heteroatoms. The minimum Gasteiger partial charge on any atom is -0.376 e. The van der Waals surface area contributed by atoms with Gasteiger partial charge in [-0.05, 0) is 29.8 Å². The van der Waals surface area contributed by atoms with E-state index in [1.54, 1.807) is 12.1 Å². The SMILES string of the molecule is CS(=O)(=O)c1ccc(NC(=O)CCOCc2ccccc2)cc1.